The number of nitrogens with zero attached hydrogens (tertiary/aromatic N) is 1. The summed E-state index contributed by atoms with van der Waals surface area (Å²) in [6.45, 7) is 4.00. The number of thioether (sulfide) groups is 1. The maximum Gasteiger partial charge on any atom is 0.283 e. The van der Waals surface area contributed by atoms with Gasteiger partial charge in [0, 0.05) is 20.6 Å². The summed E-state index contributed by atoms with van der Waals surface area (Å²) in [5, 5.41) is 4.14. The summed E-state index contributed by atoms with van der Waals surface area (Å²) in [4.78, 5) is 29.2. The Morgan fingerprint density at radius 2 is 1.55 bits per heavy atom. The van der Waals surface area contributed by atoms with Gasteiger partial charge in [-0.1, -0.05) is 41.0 Å². The molecule has 4 rings (SSSR count). The number of carbonyl (C=O) groups excluding carboxylic acids is 2. The summed E-state index contributed by atoms with van der Waals surface area (Å²) in [5.74, 6) is -0.591. The normalized spacial score (nSPS) is 13.7. The van der Waals surface area contributed by atoms with Gasteiger partial charge in [0.15, 0.2) is 0 Å². The molecule has 1 aliphatic heterocycles. The molecule has 0 bridgehead atoms. The highest BCUT2D eigenvalue weighted by Gasteiger charge is 2.41. The Morgan fingerprint density at radius 3 is 2.21 bits per heavy atom. The summed E-state index contributed by atoms with van der Waals surface area (Å²) < 4.78 is 5.39. The average molecular weight is 499 g/mol. The Labute approximate surface area is 206 Å². The van der Waals surface area contributed by atoms with Crippen molar-refractivity contribution in [3.8, 4) is 5.75 Å². The molecule has 0 aliphatic carbocycles. The first-order valence-electron chi connectivity index (χ1n) is 10.0. The second kappa shape index (κ2) is 9.51. The SMILES string of the molecule is COc1ccc(Cl)cc1N1C(=O)C(Nc2ccc(C)c(C)c2)=C(Sc2ccc(Cl)cc2)C1=O. The fourth-order valence-corrected chi connectivity index (χ4v) is 4.57. The van der Waals surface area contributed by atoms with Crippen LogP contribution in [-0.4, -0.2) is 18.9 Å². The topological polar surface area (TPSA) is 58.6 Å². The molecular weight excluding hydrogens is 479 g/mol. The number of carbonyl (C=O) groups is 2. The standard InChI is InChI=1S/C25H20Cl2N2O3S/c1-14-4-8-18(12-15(14)2)28-22-23(33-19-9-5-16(26)6-10-19)25(31)29(24(22)30)20-13-17(27)7-11-21(20)32-3/h4-13,28H,1-3H3. The number of nitrogens with one attached hydrogen (secondary N) is 1. The van der Waals surface area contributed by atoms with E-state index in [2.05, 4.69) is 5.32 Å². The molecule has 0 unspecified atom stereocenters. The Balaban J connectivity index is 1.79. The molecule has 5 nitrogen and oxygen atoms in total. The van der Waals surface area contributed by atoms with Crippen molar-refractivity contribution in [3.05, 3.63) is 92.4 Å². The minimum atomic E-state index is -0.491. The Kier molecular flexibility index (Phi) is 6.70. The van der Waals surface area contributed by atoms with Crippen LogP contribution in [-0.2, 0) is 9.59 Å². The zero-order valence-corrected chi connectivity index (χ0v) is 20.4. The van der Waals surface area contributed by atoms with Gasteiger partial charge in [-0.25, -0.2) is 4.90 Å². The lowest BCUT2D eigenvalue weighted by Gasteiger charge is -2.18. The van der Waals surface area contributed by atoms with Crippen molar-refractivity contribution in [1.29, 1.82) is 0 Å². The van der Waals surface area contributed by atoms with Crippen molar-refractivity contribution in [2.45, 2.75) is 18.7 Å². The van der Waals surface area contributed by atoms with Gasteiger partial charge >= 0.3 is 0 Å². The van der Waals surface area contributed by atoms with Crippen LogP contribution in [0, 0.1) is 13.8 Å². The molecule has 1 N–H and O–H groups in total. The van der Waals surface area contributed by atoms with Gasteiger partial charge in [-0.05, 0) is 79.6 Å². The number of imide groups is 1. The molecule has 3 aromatic rings. The number of ether oxygens (including phenoxy) is 1. The molecule has 0 spiro atoms. The van der Waals surface area contributed by atoms with E-state index in [0.29, 0.717) is 21.5 Å². The lowest BCUT2D eigenvalue weighted by atomic mass is 10.1. The van der Waals surface area contributed by atoms with Crippen LogP contribution in [0.5, 0.6) is 5.75 Å². The smallest absolute Gasteiger partial charge is 0.283 e. The molecule has 33 heavy (non-hydrogen) atoms. The van der Waals surface area contributed by atoms with Gasteiger partial charge in [-0.15, -0.1) is 0 Å². The van der Waals surface area contributed by atoms with E-state index in [-0.39, 0.29) is 16.3 Å². The van der Waals surface area contributed by atoms with E-state index < -0.39 is 11.8 Å². The zero-order chi connectivity index (χ0) is 23.7. The summed E-state index contributed by atoms with van der Waals surface area (Å²) >= 11 is 13.4. The van der Waals surface area contributed by atoms with Crippen molar-refractivity contribution in [1.82, 2.24) is 0 Å². The second-order valence-electron chi connectivity index (χ2n) is 7.45. The first-order chi connectivity index (χ1) is 15.8. The average Bonchev–Trinajstić information content (AvgIpc) is 3.01. The minimum absolute atomic E-state index is 0.185. The summed E-state index contributed by atoms with van der Waals surface area (Å²) in [5.41, 5.74) is 3.38. The number of hydrogen-bond acceptors (Lipinski definition) is 5. The molecule has 0 radical (unpaired) electrons. The number of amides is 2. The fraction of sp³-hybridized carbons (Fsp3) is 0.120. The maximum absolute atomic E-state index is 13.6. The summed E-state index contributed by atoms with van der Waals surface area (Å²) in [6, 6.07) is 17.7. The molecule has 0 aromatic heterocycles. The van der Waals surface area contributed by atoms with Crippen molar-refractivity contribution in [2.75, 3.05) is 17.3 Å². The fourth-order valence-electron chi connectivity index (χ4n) is 3.36. The van der Waals surface area contributed by atoms with E-state index in [9.17, 15) is 9.59 Å². The maximum atomic E-state index is 13.6. The number of methoxy groups -OCH3 is 1. The molecule has 1 aliphatic rings. The van der Waals surface area contributed by atoms with E-state index in [1.54, 1.807) is 42.5 Å². The lowest BCUT2D eigenvalue weighted by molar-refractivity contribution is -0.120. The van der Waals surface area contributed by atoms with Crippen molar-refractivity contribution < 1.29 is 14.3 Å². The largest absolute Gasteiger partial charge is 0.495 e. The highest BCUT2D eigenvalue weighted by atomic mass is 35.5. The quantitative estimate of drug-likeness (QED) is 0.387. The molecule has 8 heteroatoms. The molecule has 3 aromatic carbocycles. The third-order valence-electron chi connectivity index (χ3n) is 5.23. The van der Waals surface area contributed by atoms with Crippen LogP contribution in [0.25, 0.3) is 0 Å². The second-order valence-corrected chi connectivity index (χ2v) is 9.40. The summed E-state index contributed by atoms with van der Waals surface area (Å²) in [7, 11) is 1.48. The molecule has 1 heterocycles. The van der Waals surface area contributed by atoms with Gasteiger partial charge in [-0.3, -0.25) is 9.59 Å². The van der Waals surface area contributed by atoms with E-state index in [1.165, 1.54) is 18.9 Å². The number of halogens is 2. The van der Waals surface area contributed by atoms with Crippen LogP contribution in [0.3, 0.4) is 0 Å². The van der Waals surface area contributed by atoms with E-state index in [1.807, 2.05) is 32.0 Å². The van der Waals surface area contributed by atoms with Crippen LogP contribution >= 0.6 is 35.0 Å². The number of aryl methyl sites for hydroxylation is 2. The van der Waals surface area contributed by atoms with Gasteiger partial charge in [0.2, 0.25) is 0 Å². The van der Waals surface area contributed by atoms with Crippen LogP contribution in [0.4, 0.5) is 11.4 Å². The van der Waals surface area contributed by atoms with Crippen LogP contribution in [0.2, 0.25) is 10.0 Å². The van der Waals surface area contributed by atoms with E-state index in [0.717, 1.165) is 20.9 Å². The lowest BCUT2D eigenvalue weighted by Crippen LogP contribution is -2.32. The van der Waals surface area contributed by atoms with Gasteiger partial charge in [0.25, 0.3) is 11.8 Å². The molecule has 0 saturated carbocycles. The Morgan fingerprint density at radius 1 is 0.848 bits per heavy atom. The monoisotopic (exact) mass is 498 g/mol. The predicted octanol–water partition coefficient (Wildman–Crippen LogP) is 6.61. The first-order valence-corrected chi connectivity index (χ1v) is 11.6. The molecule has 2 amide bonds. The van der Waals surface area contributed by atoms with Crippen LogP contribution < -0.4 is 15.0 Å². The third kappa shape index (κ3) is 4.74. The third-order valence-corrected chi connectivity index (χ3v) is 6.81. The highest BCUT2D eigenvalue weighted by Crippen LogP contribution is 2.41. The number of rotatable bonds is 6. The van der Waals surface area contributed by atoms with Crippen molar-refractivity contribution in [3.63, 3.8) is 0 Å². The van der Waals surface area contributed by atoms with Gasteiger partial charge in [0.1, 0.15) is 16.4 Å². The predicted molar refractivity (Wildman–Crippen MR) is 134 cm³/mol. The van der Waals surface area contributed by atoms with Crippen molar-refractivity contribution >= 4 is 58.2 Å². The first kappa shape index (κ1) is 23.2. The molecular formula is C25H20Cl2N2O3S. The summed E-state index contributed by atoms with van der Waals surface area (Å²) in [6.07, 6.45) is 0. The molecule has 168 valence electrons. The molecule has 0 atom stereocenters. The van der Waals surface area contributed by atoms with Crippen LogP contribution in [0.1, 0.15) is 11.1 Å². The Hall–Kier alpha value is -2.93. The van der Waals surface area contributed by atoms with Gasteiger partial charge in [0.05, 0.1) is 12.8 Å². The van der Waals surface area contributed by atoms with E-state index >= 15 is 0 Å². The Bertz CT molecular complexity index is 1290. The number of hydrogen-bond donors (Lipinski definition) is 1. The number of anilines is 2. The minimum Gasteiger partial charge on any atom is -0.495 e. The highest BCUT2D eigenvalue weighted by molar-refractivity contribution is 8.04. The van der Waals surface area contributed by atoms with Gasteiger partial charge in [-0.2, -0.15) is 0 Å². The molecule has 0 saturated heterocycles. The van der Waals surface area contributed by atoms with Crippen LogP contribution in [0.15, 0.2) is 76.2 Å². The molecule has 0 fully saturated rings. The van der Waals surface area contributed by atoms with E-state index in [4.69, 9.17) is 27.9 Å². The number of benzene rings is 3. The van der Waals surface area contributed by atoms with Crippen molar-refractivity contribution in [2.24, 2.45) is 0 Å². The zero-order valence-electron chi connectivity index (χ0n) is 18.1. The van der Waals surface area contributed by atoms with Gasteiger partial charge < -0.3 is 10.1 Å².